The van der Waals surface area contributed by atoms with Crippen LogP contribution < -0.4 is 10.6 Å². The standard InChI is InChI=1S/C19H33N3O2S.HI/c1-7-20-18(21-12-13-25(23,24)19(4,5)6)22-14-16(3)17-10-8-15(2)9-11-17;/h8-11,16H,7,12-14H2,1-6H3,(H2,20,21,22);1H. The highest BCUT2D eigenvalue weighted by Gasteiger charge is 2.28. The van der Waals surface area contributed by atoms with E-state index >= 15 is 0 Å². The molecule has 150 valence electrons. The van der Waals surface area contributed by atoms with E-state index in [9.17, 15) is 8.42 Å². The molecule has 0 amide bonds. The summed E-state index contributed by atoms with van der Waals surface area (Å²) < 4.78 is 23.6. The monoisotopic (exact) mass is 495 g/mol. The Morgan fingerprint density at radius 3 is 2.23 bits per heavy atom. The fourth-order valence-electron chi connectivity index (χ4n) is 2.18. The lowest BCUT2D eigenvalue weighted by Gasteiger charge is -2.20. The van der Waals surface area contributed by atoms with E-state index in [-0.39, 0.29) is 29.7 Å². The van der Waals surface area contributed by atoms with E-state index in [1.54, 1.807) is 20.8 Å². The topological polar surface area (TPSA) is 70.6 Å². The van der Waals surface area contributed by atoms with Gasteiger partial charge in [0.05, 0.1) is 10.5 Å². The number of nitrogens with one attached hydrogen (secondary N) is 2. The second kappa shape index (κ2) is 11.1. The van der Waals surface area contributed by atoms with Crippen molar-refractivity contribution < 1.29 is 8.42 Å². The van der Waals surface area contributed by atoms with Gasteiger partial charge in [-0.1, -0.05) is 36.8 Å². The predicted octanol–water partition coefficient (Wildman–Crippen LogP) is 3.48. The molecule has 0 saturated heterocycles. The summed E-state index contributed by atoms with van der Waals surface area (Å²) >= 11 is 0. The van der Waals surface area contributed by atoms with Crippen molar-refractivity contribution in [3.05, 3.63) is 35.4 Å². The van der Waals surface area contributed by atoms with Crippen LogP contribution in [-0.4, -0.2) is 44.5 Å². The molecule has 0 saturated carbocycles. The molecule has 5 nitrogen and oxygen atoms in total. The van der Waals surface area contributed by atoms with Gasteiger partial charge in [-0.05, 0) is 40.2 Å². The fourth-order valence-corrected chi connectivity index (χ4v) is 3.16. The van der Waals surface area contributed by atoms with Crippen molar-refractivity contribution in [3.8, 4) is 0 Å². The Hall–Kier alpha value is -0.830. The van der Waals surface area contributed by atoms with E-state index in [0.29, 0.717) is 25.0 Å². The number of halogens is 1. The molecule has 0 aliphatic heterocycles. The third kappa shape index (κ3) is 8.24. The van der Waals surface area contributed by atoms with Gasteiger partial charge in [-0.2, -0.15) is 0 Å². The minimum absolute atomic E-state index is 0. The molecule has 1 aromatic rings. The molecule has 1 atom stereocenters. The van der Waals surface area contributed by atoms with E-state index in [0.717, 1.165) is 6.54 Å². The van der Waals surface area contributed by atoms with Crippen LogP contribution in [0.1, 0.15) is 51.7 Å². The van der Waals surface area contributed by atoms with Gasteiger partial charge in [0.25, 0.3) is 0 Å². The lowest BCUT2D eigenvalue weighted by atomic mass is 10.0. The zero-order chi connectivity index (χ0) is 19.1. The number of rotatable bonds is 7. The molecule has 1 unspecified atom stereocenters. The number of aliphatic imine (C=N–C) groups is 1. The first-order valence-electron chi connectivity index (χ1n) is 8.88. The Labute approximate surface area is 176 Å². The second-order valence-corrected chi connectivity index (χ2v) is 10.3. The Morgan fingerprint density at radius 2 is 1.73 bits per heavy atom. The summed E-state index contributed by atoms with van der Waals surface area (Å²) in [6.45, 7) is 13.1. The van der Waals surface area contributed by atoms with Crippen LogP contribution in [0.3, 0.4) is 0 Å². The molecule has 0 aliphatic carbocycles. The van der Waals surface area contributed by atoms with Gasteiger partial charge in [0.15, 0.2) is 15.8 Å². The molecule has 2 N–H and O–H groups in total. The first kappa shape index (κ1) is 25.2. The normalized spacial score (nSPS) is 13.7. The highest BCUT2D eigenvalue weighted by Crippen LogP contribution is 2.16. The van der Waals surface area contributed by atoms with Gasteiger partial charge in [-0.3, -0.25) is 4.99 Å². The van der Waals surface area contributed by atoms with Crippen LogP contribution in [-0.2, 0) is 9.84 Å². The molecule has 0 spiro atoms. The fraction of sp³-hybridized carbons (Fsp3) is 0.632. The average Bonchev–Trinajstić information content (AvgIpc) is 2.51. The van der Waals surface area contributed by atoms with Crippen molar-refractivity contribution in [2.75, 3.05) is 25.4 Å². The maximum atomic E-state index is 12.2. The Balaban J connectivity index is 0.00000625. The molecule has 0 aromatic heterocycles. The minimum atomic E-state index is -3.13. The first-order valence-corrected chi connectivity index (χ1v) is 10.5. The minimum Gasteiger partial charge on any atom is -0.357 e. The zero-order valence-corrected chi connectivity index (χ0v) is 19.9. The average molecular weight is 495 g/mol. The largest absolute Gasteiger partial charge is 0.357 e. The summed E-state index contributed by atoms with van der Waals surface area (Å²) in [5.41, 5.74) is 2.50. The number of hydrogen-bond donors (Lipinski definition) is 2. The molecule has 0 aliphatic rings. The number of guanidine groups is 1. The number of hydrogen-bond acceptors (Lipinski definition) is 3. The van der Waals surface area contributed by atoms with Gasteiger partial charge >= 0.3 is 0 Å². The molecule has 0 radical (unpaired) electrons. The van der Waals surface area contributed by atoms with Crippen LogP contribution in [0, 0.1) is 6.92 Å². The second-order valence-electron chi connectivity index (χ2n) is 7.39. The van der Waals surface area contributed by atoms with Gasteiger partial charge in [0.1, 0.15) is 0 Å². The highest BCUT2D eigenvalue weighted by molar-refractivity contribution is 14.0. The number of benzene rings is 1. The summed E-state index contributed by atoms with van der Waals surface area (Å²) in [7, 11) is -3.13. The van der Waals surface area contributed by atoms with Crippen molar-refractivity contribution in [2.45, 2.75) is 52.2 Å². The zero-order valence-electron chi connectivity index (χ0n) is 16.8. The third-order valence-electron chi connectivity index (χ3n) is 4.11. The van der Waals surface area contributed by atoms with Crippen molar-refractivity contribution in [1.29, 1.82) is 0 Å². The van der Waals surface area contributed by atoms with Crippen LogP contribution in [0.15, 0.2) is 29.3 Å². The SMILES string of the molecule is CCNC(=NCC(C)c1ccc(C)cc1)NCCS(=O)(=O)C(C)(C)C.I. The lowest BCUT2D eigenvalue weighted by Crippen LogP contribution is -2.42. The number of sulfone groups is 1. The summed E-state index contributed by atoms with van der Waals surface area (Å²) in [4.78, 5) is 4.59. The van der Waals surface area contributed by atoms with Crippen LogP contribution >= 0.6 is 24.0 Å². The molecular weight excluding hydrogens is 461 g/mol. The van der Waals surface area contributed by atoms with Gasteiger partial charge in [0, 0.05) is 25.6 Å². The highest BCUT2D eigenvalue weighted by atomic mass is 127. The van der Waals surface area contributed by atoms with Crippen molar-refractivity contribution in [1.82, 2.24) is 10.6 Å². The van der Waals surface area contributed by atoms with Crippen LogP contribution in [0.2, 0.25) is 0 Å². The molecule has 0 heterocycles. The summed E-state index contributed by atoms with van der Waals surface area (Å²) in [6, 6.07) is 8.48. The van der Waals surface area contributed by atoms with E-state index in [1.165, 1.54) is 11.1 Å². The van der Waals surface area contributed by atoms with Crippen molar-refractivity contribution in [2.24, 2.45) is 4.99 Å². The molecule has 1 rings (SSSR count). The molecule has 0 fully saturated rings. The lowest BCUT2D eigenvalue weighted by molar-refractivity contribution is 0.559. The van der Waals surface area contributed by atoms with Crippen LogP contribution in [0.25, 0.3) is 0 Å². The first-order chi connectivity index (χ1) is 11.6. The van der Waals surface area contributed by atoms with E-state index in [4.69, 9.17) is 0 Å². The molecule has 0 bridgehead atoms. The molecule has 26 heavy (non-hydrogen) atoms. The summed E-state index contributed by atoms with van der Waals surface area (Å²) in [5, 5.41) is 6.29. The van der Waals surface area contributed by atoms with Crippen LogP contribution in [0.5, 0.6) is 0 Å². The number of aryl methyl sites for hydroxylation is 1. The molecule has 1 aromatic carbocycles. The van der Waals surface area contributed by atoms with Crippen molar-refractivity contribution >= 4 is 39.8 Å². The summed E-state index contributed by atoms with van der Waals surface area (Å²) in [6.07, 6.45) is 0. The molecular formula is C19H34IN3O2S. The van der Waals surface area contributed by atoms with E-state index < -0.39 is 14.6 Å². The van der Waals surface area contributed by atoms with Crippen LogP contribution in [0.4, 0.5) is 0 Å². The van der Waals surface area contributed by atoms with Crippen molar-refractivity contribution in [3.63, 3.8) is 0 Å². The smallest absolute Gasteiger partial charge is 0.191 e. The number of nitrogens with zero attached hydrogens (tertiary/aromatic N) is 1. The van der Waals surface area contributed by atoms with E-state index in [2.05, 4.69) is 53.7 Å². The Morgan fingerprint density at radius 1 is 1.15 bits per heavy atom. The summed E-state index contributed by atoms with van der Waals surface area (Å²) in [5.74, 6) is 1.05. The maximum Gasteiger partial charge on any atom is 0.191 e. The van der Waals surface area contributed by atoms with Gasteiger partial charge in [0.2, 0.25) is 0 Å². The Bertz CT molecular complexity index is 665. The van der Waals surface area contributed by atoms with E-state index in [1.807, 2.05) is 6.92 Å². The van der Waals surface area contributed by atoms with Gasteiger partial charge in [-0.15, -0.1) is 24.0 Å². The predicted molar refractivity (Wildman–Crippen MR) is 123 cm³/mol. The quantitative estimate of drug-likeness (QED) is 0.345. The maximum absolute atomic E-state index is 12.2. The Kier molecular flexibility index (Phi) is 10.8. The molecule has 7 heteroatoms. The third-order valence-corrected chi connectivity index (χ3v) is 6.72. The van der Waals surface area contributed by atoms with Gasteiger partial charge < -0.3 is 10.6 Å². The van der Waals surface area contributed by atoms with Gasteiger partial charge in [-0.25, -0.2) is 8.42 Å².